The van der Waals surface area contributed by atoms with Crippen molar-refractivity contribution in [2.45, 2.75) is 6.61 Å². The highest BCUT2D eigenvalue weighted by atomic mass is 16.5. The summed E-state index contributed by atoms with van der Waals surface area (Å²) < 4.78 is 10.2. The molecule has 1 N–H and O–H groups in total. The van der Waals surface area contributed by atoms with E-state index in [0.29, 0.717) is 17.0 Å². The zero-order valence-corrected chi connectivity index (χ0v) is 11.5. The molecule has 2 rings (SSSR count). The van der Waals surface area contributed by atoms with Gasteiger partial charge < -0.3 is 9.47 Å². The van der Waals surface area contributed by atoms with Gasteiger partial charge in [-0.2, -0.15) is 5.26 Å². The van der Waals surface area contributed by atoms with Gasteiger partial charge in [-0.05, 0) is 17.7 Å². The van der Waals surface area contributed by atoms with Gasteiger partial charge in [0, 0.05) is 6.07 Å². The number of nitrogens with one attached hydrogen (secondary N) is 1. The second kappa shape index (κ2) is 6.96. The molecule has 0 aromatic heterocycles. The average Bonchev–Trinajstić information content (AvgIpc) is 2.54. The summed E-state index contributed by atoms with van der Waals surface area (Å²) in [7, 11) is 1.47. The Morgan fingerprint density at radius 2 is 2.00 bits per heavy atom. The van der Waals surface area contributed by atoms with Crippen molar-refractivity contribution in [1.82, 2.24) is 0 Å². The number of amides is 1. The molecule has 5 nitrogen and oxygen atoms in total. The van der Waals surface area contributed by atoms with Crippen LogP contribution in [0.2, 0.25) is 0 Å². The topological polar surface area (TPSA) is 71.3 Å². The van der Waals surface area contributed by atoms with Crippen molar-refractivity contribution >= 4 is 11.8 Å². The smallest absolute Gasteiger partial charge is 0.412 e. The van der Waals surface area contributed by atoms with Crippen molar-refractivity contribution in [3.8, 4) is 11.8 Å². The lowest BCUT2D eigenvalue weighted by atomic mass is 10.2. The normalized spacial score (nSPS) is 9.52. The van der Waals surface area contributed by atoms with E-state index in [1.54, 1.807) is 18.2 Å². The Balaban J connectivity index is 1.98. The average molecular weight is 282 g/mol. The monoisotopic (exact) mass is 282 g/mol. The van der Waals surface area contributed by atoms with E-state index in [0.717, 1.165) is 5.56 Å². The summed E-state index contributed by atoms with van der Waals surface area (Å²) in [6.45, 7) is 0.186. The number of carbonyl (C=O) groups is 1. The van der Waals surface area contributed by atoms with Gasteiger partial charge in [0.05, 0.1) is 24.4 Å². The predicted molar refractivity (Wildman–Crippen MR) is 78.0 cm³/mol. The maximum atomic E-state index is 11.8. The van der Waals surface area contributed by atoms with Crippen molar-refractivity contribution in [3.63, 3.8) is 0 Å². The van der Waals surface area contributed by atoms with Crippen molar-refractivity contribution in [1.29, 1.82) is 5.26 Å². The molecule has 21 heavy (non-hydrogen) atoms. The first-order valence-corrected chi connectivity index (χ1v) is 6.29. The van der Waals surface area contributed by atoms with Crippen molar-refractivity contribution < 1.29 is 14.3 Å². The van der Waals surface area contributed by atoms with Crippen LogP contribution >= 0.6 is 0 Å². The number of rotatable bonds is 4. The van der Waals surface area contributed by atoms with Gasteiger partial charge in [0.1, 0.15) is 12.4 Å². The minimum absolute atomic E-state index is 0.186. The number of methoxy groups -OCH3 is 1. The lowest BCUT2D eigenvalue weighted by Gasteiger charge is -2.10. The molecule has 5 heteroatoms. The summed E-state index contributed by atoms with van der Waals surface area (Å²) in [6.07, 6.45) is -0.582. The number of hydrogen-bond acceptors (Lipinski definition) is 4. The highest BCUT2D eigenvalue weighted by molar-refractivity contribution is 5.86. The van der Waals surface area contributed by atoms with E-state index in [-0.39, 0.29) is 6.61 Å². The molecule has 0 aliphatic carbocycles. The Kier molecular flexibility index (Phi) is 4.78. The summed E-state index contributed by atoms with van der Waals surface area (Å²) in [5.74, 6) is 0.408. The summed E-state index contributed by atoms with van der Waals surface area (Å²) in [4.78, 5) is 11.8. The highest BCUT2D eigenvalue weighted by Gasteiger charge is 2.09. The maximum absolute atomic E-state index is 11.8. The first-order chi connectivity index (χ1) is 10.2. The Morgan fingerprint density at radius 3 is 2.67 bits per heavy atom. The van der Waals surface area contributed by atoms with Gasteiger partial charge in [0.2, 0.25) is 0 Å². The molecule has 0 fully saturated rings. The Morgan fingerprint density at radius 1 is 1.24 bits per heavy atom. The van der Waals surface area contributed by atoms with Crippen LogP contribution in [0.3, 0.4) is 0 Å². The number of benzene rings is 2. The lowest BCUT2D eigenvalue weighted by Crippen LogP contribution is -2.14. The van der Waals surface area contributed by atoms with Crippen LogP contribution in [0, 0.1) is 11.3 Å². The largest absolute Gasteiger partial charge is 0.495 e. The molecule has 0 saturated carbocycles. The van der Waals surface area contributed by atoms with Gasteiger partial charge in [0.15, 0.2) is 0 Å². The van der Waals surface area contributed by atoms with Gasteiger partial charge in [-0.15, -0.1) is 0 Å². The van der Waals surface area contributed by atoms with Gasteiger partial charge in [0.25, 0.3) is 0 Å². The maximum Gasteiger partial charge on any atom is 0.412 e. The predicted octanol–water partition coefficient (Wildman–Crippen LogP) is 3.32. The van der Waals surface area contributed by atoms with Crippen LogP contribution in [0.25, 0.3) is 0 Å². The van der Waals surface area contributed by atoms with Gasteiger partial charge >= 0.3 is 6.09 Å². The fourth-order valence-electron chi connectivity index (χ4n) is 1.73. The molecule has 0 radical (unpaired) electrons. The number of ether oxygens (including phenoxy) is 2. The highest BCUT2D eigenvalue weighted by Crippen LogP contribution is 2.25. The van der Waals surface area contributed by atoms with Gasteiger partial charge in [-0.3, -0.25) is 5.32 Å². The molecule has 0 atom stereocenters. The summed E-state index contributed by atoms with van der Waals surface area (Å²) >= 11 is 0. The quantitative estimate of drug-likeness (QED) is 0.933. The number of carbonyl (C=O) groups excluding carboxylic acids is 1. The van der Waals surface area contributed by atoms with Crippen molar-refractivity contribution in [2.75, 3.05) is 12.4 Å². The summed E-state index contributed by atoms with van der Waals surface area (Å²) in [5.41, 5.74) is 1.81. The van der Waals surface area contributed by atoms with Crippen LogP contribution < -0.4 is 10.1 Å². The molecule has 0 aliphatic heterocycles. The Labute approximate surface area is 122 Å². The van der Waals surface area contributed by atoms with Gasteiger partial charge in [-0.25, -0.2) is 4.79 Å². The van der Waals surface area contributed by atoms with Crippen LogP contribution in [-0.2, 0) is 11.3 Å². The fraction of sp³-hybridized carbons (Fsp3) is 0.125. The minimum atomic E-state index is -0.582. The van der Waals surface area contributed by atoms with E-state index >= 15 is 0 Å². The van der Waals surface area contributed by atoms with Crippen LogP contribution in [-0.4, -0.2) is 13.2 Å². The number of nitriles is 1. The molecule has 2 aromatic carbocycles. The van der Waals surface area contributed by atoms with Crippen LogP contribution in [0.4, 0.5) is 10.5 Å². The molecule has 0 heterocycles. The van der Waals surface area contributed by atoms with Gasteiger partial charge in [-0.1, -0.05) is 30.3 Å². The molecule has 0 unspecified atom stereocenters. The molecule has 0 saturated heterocycles. The van der Waals surface area contributed by atoms with Crippen LogP contribution in [0.1, 0.15) is 11.1 Å². The second-order valence-corrected chi connectivity index (χ2v) is 4.21. The van der Waals surface area contributed by atoms with Crippen molar-refractivity contribution in [3.05, 3.63) is 59.7 Å². The van der Waals surface area contributed by atoms with Crippen molar-refractivity contribution in [2.24, 2.45) is 0 Å². The zero-order chi connectivity index (χ0) is 15.1. The number of nitrogens with zero attached hydrogens (tertiary/aromatic N) is 1. The number of anilines is 1. The van der Waals surface area contributed by atoms with E-state index in [1.807, 2.05) is 36.4 Å². The summed E-state index contributed by atoms with van der Waals surface area (Å²) in [6, 6.07) is 16.1. The summed E-state index contributed by atoms with van der Waals surface area (Å²) in [5, 5.41) is 11.4. The second-order valence-electron chi connectivity index (χ2n) is 4.21. The fourth-order valence-corrected chi connectivity index (χ4v) is 1.73. The van der Waals surface area contributed by atoms with Crippen LogP contribution in [0.15, 0.2) is 48.5 Å². The standard InChI is InChI=1S/C16H14N2O3/c1-20-15-9-13(10-17)7-8-14(15)18-16(19)21-11-12-5-3-2-4-6-12/h2-9H,11H2,1H3,(H,18,19). The van der Waals surface area contributed by atoms with Crippen LogP contribution in [0.5, 0.6) is 5.75 Å². The molecule has 0 bridgehead atoms. The third kappa shape index (κ3) is 3.98. The molecule has 106 valence electrons. The third-order valence-corrected chi connectivity index (χ3v) is 2.78. The minimum Gasteiger partial charge on any atom is -0.495 e. The number of hydrogen-bond donors (Lipinski definition) is 1. The molecule has 1 amide bonds. The van der Waals surface area contributed by atoms with E-state index in [2.05, 4.69) is 5.32 Å². The third-order valence-electron chi connectivity index (χ3n) is 2.78. The first-order valence-electron chi connectivity index (χ1n) is 6.29. The SMILES string of the molecule is COc1cc(C#N)ccc1NC(=O)OCc1ccccc1. The lowest BCUT2D eigenvalue weighted by molar-refractivity contribution is 0.155. The Bertz CT molecular complexity index is 663. The van der Waals surface area contributed by atoms with E-state index in [9.17, 15) is 4.79 Å². The molecular weight excluding hydrogens is 268 g/mol. The van der Waals surface area contributed by atoms with E-state index in [4.69, 9.17) is 14.7 Å². The molecule has 0 spiro atoms. The Hall–Kier alpha value is -3.00. The molecular formula is C16H14N2O3. The zero-order valence-electron chi connectivity index (χ0n) is 11.5. The first kappa shape index (κ1) is 14.4. The molecule has 2 aromatic rings. The van der Waals surface area contributed by atoms with E-state index in [1.165, 1.54) is 7.11 Å². The van der Waals surface area contributed by atoms with E-state index < -0.39 is 6.09 Å². The molecule has 0 aliphatic rings.